The van der Waals surface area contributed by atoms with Crippen LogP contribution in [0.15, 0.2) is 30.5 Å². The second-order valence-electron chi connectivity index (χ2n) is 3.30. The highest BCUT2D eigenvalue weighted by Crippen LogP contribution is 2.22. The van der Waals surface area contributed by atoms with Crippen LogP contribution >= 0.6 is 11.3 Å². The fourth-order valence-corrected chi connectivity index (χ4v) is 2.04. The Labute approximate surface area is 87.5 Å². The maximum atomic E-state index is 4.49. The number of thiazole rings is 1. The summed E-state index contributed by atoms with van der Waals surface area (Å²) in [5, 5.41) is 1.06. The van der Waals surface area contributed by atoms with E-state index >= 15 is 0 Å². The zero-order chi connectivity index (χ0) is 9.97. The molecule has 1 heterocycles. The summed E-state index contributed by atoms with van der Waals surface area (Å²) in [4.78, 5) is 6.50. The molecule has 0 saturated heterocycles. The number of nitrogens with zero attached hydrogens (tertiary/aromatic N) is 2. The van der Waals surface area contributed by atoms with E-state index in [4.69, 9.17) is 0 Å². The Morgan fingerprint density at radius 3 is 2.79 bits per heavy atom. The molecule has 0 aliphatic rings. The van der Waals surface area contributed by atoms with Gasteiger partial charge in [-0.05, 0) is 18.2 Å². The van der Waals surface area contributed by atoms with Crippen molar-refractivity contribution in [2.24, 2.45) is 0 Å². The molecule has 0 aliphatic carbocycles. The van der Waals surface area contributed by atoms with Gasteiger partial charge in [0.05, 0.1) is 10.2 Å². The van der Waals surface area contributed by atoms with Gasteiger partial charge in [0, 0.05) is 20.3 Å². The lowest BCUT2D eigenvalue weighted by atomic mass is 10.3. The van der Waals surface area contributed by atoms with E-state index in [0.29, 0.717) is 0 Å². The van der Waals surface area contributed by atoms with E-state index in [2.05, 4.69) is 11.1 Å². The van der Waals surface area contributed by atoms with Crippen LogP contribution < -0.4 is 0 Å². The maximum absolute atomic E-state index is 4.49. The molecule has 14 heavy (non-hydrogen) atoms. The monoisotopic (exact) mass is 204 g/mol. The van der Waals surface area contributed by atoms with Gasteiger partial charge >= 0.3 is 0 Å². The third-order valence-corrected chi connectivity index (χ3v) is 2.83. The summed E-state index contributed by atoms with van der Waals surface area (Å²) in [6.45, 7) is 0. The number of benzene rings is 1. The van der Waals surface area contributed by atoms with Gasteiger partial charge in [-0.3, -0.25) is 0 Å². The van der Waals surface area contributed by atoms with Gasteiger partial charge in [-0.1, -0.05) is 12.1 Å². The Hall–Kier alpha value is -1.35. The van der Waals surface area contributed by atoms with Crippen molar-refractivity contribution in [3.63, 3.8) is 0 Å². The van der Waals surface area contributed by atoms with Gasteiger partial charge < -0.3 is 4.90 Å². The zero-order valence-corrected chi connectivity index (χ0v) is 9.08. The minimum absolute atomic E-state index is 1.06. The van der Waals surface area contributed by atoms with E-state index in [1.54, 1.807) is 11.3 Å². The molecule has 3 heteroatoms. The number of para-hydroxylation sites is 1. The largest absolute Gasteiger partial charge is 0.383 e. The molecule has 0 atom stereocenters. The minimum atomic E-state index is 1.06. The molecular weight excluding hydrogens is 192 g/mol. The van der Waals surface area contributed by atoms with Crippen LogP contribution in [0.1, 0.15) is 5.01 Å². The van der Waals surface area contributed by atoms with Crippen LogP contribution in [-0.2, 0) is 0 Å². The number of hydrogen-bond acceptors (Lipinski definition) is 3. The fourth-order valence-electron chi connectivity index (χ4n) is 1.17. The van der Waals surface area contributed by atoms with Gasteiger partial charge in [0.2, 0.25) is 0 Å². The molecule has 0 aliphatic heterocycles. The van der Waals surface area contributed by atoms with Crippen molar-refractivity contribution in [1.82, 2.24) is 9.88 Å². The summed E-state index contributed by atoms with van der Waals surface area (Å²) in [6, 6.07) is 8.19. The van der Waals surface area contributed by atoms with Gasteiger partial charge in [0.25, 0.3) is 0 Å². The summed E-state index contributed by atoms with van der Waals surface area (Å²) >= 11 is 1.71. The van der Waals surface area contributed by atoms with Crippen molar-refractivity contribution in [2.75, 3.05) is 14.1 Å². The van der Waals surface area contributed by atoms with Crippen LogP contribution in [0.4, 0.5) is 0 Å². The molecule has 2 rings (SSSR count). The average molecular weight is 204 g/mol. The molecule has 2 aromatic rings. The first-order chi connectivity index (χ1) is 6.75. The predicted molar refractivity (Wildman–Crippen MR) is 62.3 cm³/mol. The standard InChI is InChI=1S/C11H12N2S/c1-13(2)8-7-11-12-9-5-3-4-6-10(9)14-11/h3-8H,1-2H3. The average Bonchev–Trinajstić information content (AvgIpc) is 2.57. The maximum Gasteiger partial charge on any atom is 0.118 e. The van der Waals surface area contributed by atoms with Gasteiger partial charge in [-0.15, -0.1) is 11.3 Å². The van der Waals surface area contributed by atoms with E-state index in [1.807, 2.05) is 49.5 Å². The van der Waals surface area contributed by atoms with Crippen LogP contribution in [-0.4, -0.2) is 24.0 Å². The number of hydrogen-bond donors (Lipinski definition) is 0. The Bertz CT molecular complexity index is 424. The highest BCUT2D eigenvalue weighted by Gasteiger charge is 1.98. The van der Waals surface area contributed by atoms with Gasteiger partial charge in [0.1, 0.15) is 5.01 Å². The molecule has 72 valence electrons. The fraction of sp³-hybridized carbons (Fsp3) is 0.182. The lowest BCUT2D eigenvalue weighted by molar-refractivity contribution is 0.567. The molecule has 2 nitrogen and oxygen atoms in total. The normalized spacial score (nSPS) is 11.3. The number of aromatic nitrogens is 1. The van der Waals surface area contributed by atoms with E-state index < -0.39 is 0 Å². The first-order valence-corrected chi connectivity index (χ1v) is 5.27. The molecule has 0 N–H and O–H groups in total. The summed E-state index contributed by atoms with van der Waals surface area (Å²) in [5.41, 5.74) is 1.08. The van der Waals surface area contributed by atoms with E-state index in [-0.39, 0.29) is 0 Å². The summed E-state index contributed by atoms with van der Waals surface area (Å²) in [5.74, 6) is 0. The first-order valence-electron chi connectivity index (χ1n) is 4.46. The molecule has 0 saturated carbocycles. The lowest BCUT2D eigenvalue weighted by Gasteiger charge is -2.00. The first kappa shape index (κ1) is 9.21. The molecule has 0 spiro atoms. The number of fused-ring (bicyclic) bond motifs is 1. The Balaban J connectivity index is 2.36. The second kappa shape index (κ2) is 3.80. The quantitative estimate of drug-likeness (QED) is 0.747. The predicted octanol–water partition coefficient (Wildman–Crippen LogP) is 2.83. The summed E-state index contributed by atoms with van der Waals surface area (Å²) in [6.07, 6.45) is 4.04. The topological polar surface area (TPSA) is 16.1 Å². The third kappa shape index (κ3) is 1.93. The van der Waals surface area contributed by atoms with E-state index in [0.717, 1.165) is 10.5 Å². The summed E-state index contributed by atoms with van der Waals surface area (Å²) < 4.78 is 1.24. The third-order valence-electron chi connectivity index (χ3n) is 1.83. The zero-order valence-electron chi connectivity index (χ0n) is 8.27. The highest BCUT2D eigenvalue weighted by atomic mass is 32.1. The van der Waals surface area contributed by atoms with Crippen molar-refractivity contribution in [3.05, 3.63) is 35.5 Å². The molecule has 0 unspecified atom stereocenters. The molecule has 0 fully saturated rings. The Kier molecular flexibility index (Phi) is 2.50. The molecule has 0 radical (unpaired) electrons. The van der Waals surface area contributed by atoms with Crippen LogP contribution in [0, 0.1) is 0 Å². The SMILES string of the molecule is CN(C)C=Cc1nc2ccccc2s1. The minimum Gasteiger partial charge on any atom is -0.383 e. The highest BCUT2D eigenvalue weighted by molar-refractivity contribution is 7.19. The van der Waals surface area contributed by atoms with Crippen LogP contribution in [0.5, 0.6) is 0 Å². The van der Waals surface area contributed by atoms with Gasteiger partial charge in [-0.2, -0.15) is 0 Å². The van der Waals surface area contributed by atoms with Crippen molar-refractivity contribution in [1.29, 1.82) is 0 Å². The van der Waals surface area contributed by atoms with Crippen molar-refractivity contribution in [3.8, 4) is 0 Å². The lowest BCUT2D eigenvalue weighted by Crippen LogP contribution is -1.99. The van der Waals surface area contributed by atoms with Crippen LogP contribution in [0.3, 0.4) is 0 Å². The molecule has 1 aromatic heterocycles. The molecule has 1 aromatic carbocycles. The van der Waals surface area contributed by atoms with Crippen molar-refractivity contribution >= 4 is 27.6 Å². The molecular formula is C11H12N2S. The molecule has 0 amide bonds. The van der Waals surface area contributed by atoms with E-state index in [9.17, 15) is 0 Å². The van der Waals surface area contributed by atoms with E-state index in [1.165, 1.54) is 4.70 Å². The van der Waals surface area contributed by atoms with Crippen molar-refractivity contribution in [2.45, 2.75) is 0 Å². The summed E-state index contributed by atoms with van der Waals surface area (Å²) in [7, 11) is 4.01. The Morgan fingerprint density at radius 1 is 1.29 bits per heavy atom. The van der Waals surface area contributed by atoms with Crippen LogP contribution in [0.2, 0.25) is 0 Å². The smallest absolute Gasteiger partial charge is 0.118 e. The van der Waals surface area contributed by atoms with Crippen molar-refractivity contribution < 1.29 is 0 Å². The number of rotatable bonds is 2. The second-order valence-corrected chi connectivity index (χ2v) is 4.36. The molecule has 0 bridgehead atoms. The van der Waals surface area contributed by atoms with Gasteiger partial charge in [-0.25, -0.2) is 4.98 Å². The van der Waals surface area contributed by atoms with Crippen LogP contribution in [0.25, 0.3) is 16.3 Å². The van der Waals surface area contributed by atoms with Gasteiger partial charge in [0.15, 0.2) is 0 Å². The Morgan fingerprint density at radius 2 is 2.07 bits per heavy atom.